The Morgan fingerprint density at radius 1 is 0.702 bits per heavy atom. The number of rotatable bonds is 31. The first-order valence-corrected chi connectivity index (χ1v) is 19.4. The van der Waals surface area contributed by atoms with Crippen LogP contribution in [0.5, 0.6) is 0 Å². The first-order chi connectivity index (χ1) is 22.8. The van der Waals surface area contributed by atoms with E-state index in [0.29, 0.717) is 12.8 Å². The normalized spacial score (nSPS) is 22.9. The van der Waals surface area contributed by atoms with E-state index < -0.39 is 49.5 Å². The fraction of sp³-hybridized carbons (Fsp3) is 0.921. The van der Waals surface area contributed by atoms with Crippen LogP contribution in [0, 0.1) is 0 Å². The molecular weight excluding hydrogens is 598 g/mol. The van der Waals surface area contributed by atoms with E-state index >= 15 is 0 Å². The quantitative estimate of drug-likeness (QED) is 0.0357. The molecular formula is C38H73NO8. The molecule has 7 unspecified atom stereocenters. The molecule has 1 rings (SSSR count). The number of carbonyl (C=O) groups is 1. The van der Waals surface area contributed by atoms with Crippen molar-refractivity contribution >= 4 is 5.91 Å². The molecule has 1 amide bonds. The van der Waals surface area contributed by atoms with Crippen LogP contribution in [-0.4, -0.2) is 87.5 Å². The minimum Gasteiger partial charge on any atom is -0.394 e. The second kappa shape index (κ2) is 29.8. The second-order valence-electron chi connectivity index (χ2n) is 13.7. The highest BCUT2D eigenvalue weighted by molar-refractivity contribution is 5.76. The highest BCUT2D eigenvalue weighted by Gasteiger charge is 2.44. The van der Waals surface area contributed by atoms with E-state index in [0.717, 1.165) is 51.4 Å². The van der Waals surface area contributed by atoms with Gasteiger partial charge in [0.1, 0.15) is 24.4 Å². The lowest BCUT2D eigenvalue weighted by molar-refractivity contribution is -0.302. The third-order valence-corrected chi connectivity index (χ3v) is 9.37. The summed E-state index contributed by atoms with van der Waals surface area (Å²) in [7, 11) is 0. The van der Waals surface area contributed by atoms with Crippen molar-refractivity contribution in [2.45, 2.75) is 211 Å². The largest absolute Gasteiger partial charge is 0.394 e. The van der Waals surface area contributed by atoms with Crippen molar-refractivity contribution in [3.05, 3.63) is 12.2 Å². The molecule has 0 aromatic rings. The number of nitrogens with one attached hydrogen (secondary N) is 1. The van der Waals surface area contributed by atoms with Crippen LogP contribution in [-0.2, 0) is 14.3 Å². The van der Waals surface area contributed by atoms with Crippen molar-refractivity contribution < 1.29 is 39.8 Å². The summed E-state index contributed by atoms with van der Waals surface area (Å²) >= 11 is 0. The number of hydrogen-bond donors (Lipinski definition) is 6. The Balaban J connectivity index is 2.37. The lowest BCUT2D eigenvalue weighted by Crippen LogP contribution is -2.60. The predicted molar refractivity (Wildman–Crippen MR) is 189 cm³/mol. The Hall–Kier alpha value is -1.07. The maximum absolute atomic E-state index is 12.8. The second-order valence-corrected chi connectivity index (χ2v) is 13.7. The topological polar surface area (TPSA) is 149 Å². The van der Waals surface area contributed by atoms with Gasteiger partial charge < -0.3 is 40.3 Å². The van der Waals surface area contributed by atoms with Crippen molar-refractivity contribution in [2.24, 2.45) is 0 Å². The first-order valence-electron chi connectivity index (χ1n) is 19.4. The minimum atomic E-state index is -1.55. The monoisotopic (exact) mass is 672 g/mol. The molecule has 6 N–H and O–H groups in total. The first kappa shape index (κ1) is 44.0. The number of ether oxygens (including phenoxy) is 2. The maximum atomic E-state index is 12.8. The molecule has 1 heterocycles. The number of carbonyl (C=O) groups excluding carboxylic acids is 1. The van der Waals surface area contributed by atoms with E-state index in [2.05, 4.69) is 31.3 Å². The van der Waals surface area contributed by atoms with Gasteiger partial charge in [-0.15, -0.1) is 0 Å². The Kier molecular flexibility index (Phi) is 27.9. The molecule has 0 aliphatic carbocycles. The molecule has 1 fully saturated rings. The molecule has 0 radical (unpaired) electrons. The molecule has 278 valence electrons. The van der Waals surface area contributed by atoms with Gasteiger partial charge in [0.05, 0.1) is 25.4 Å². The minimum absolute atomic E-state index is 0.140. The summed E-state index contributed by atoms with van der Waals surface area (Å²) in [6.45, 7) is 3.77. The summed E-state index contributed by atoms with van der Waals surface area (Å²) in [6.07, 6.45) is 23.7. The standard InChI is InChI=1S/C38H73NO8/c1-3-5-7-9-11-13-14-15-16-17-18-19-20-22-24-26-28-34(42)39-31(32(41)27-25-23-21-12-10-8-6-4-2)30-46-38-37(45)36(44)35(43)33(29-40)47-38/h16-17,31-33,35-38,40-41,43-45H,3-15,18-30H2,1-2H3,(H,39,42)/b17-16-. The lowest BCUT2D eigenvalue weighted by Gasteiger charge is -2.40. The zero-order valence-electron chi connectivity index (χ0n) is 30.0. The number of amides is 1. The lowest BCUT2D eigenvalue weighted by atomic mass is 9.99. The van der Waals surface area contributed by atoms with Gasteiger partial charge in [0.2, 0.25) is 5.91 Å². The van der Waals surface area contributed by atoms with Gasteiger partial charge in [-0.05, 0) is 38.5 Å². The average Bonchev–Trinajstić information content (AvgIpc) is 3.07. The summed E-state index contributed by atoms with van der Waals surface area (Å²) in [5, 5.41) is 53.9. The highest BCUT2D eigenvalue weighted by atomic mass is 16.7. The van der Waals surface area contributed by atoms with E-state index in [1.165, 1.54) is 89.9 Å². The molecule has 1 saturated heterocycles. The van der Waals surface area contributed by atoms with Crippen molar-refractivity contribution in [2.75, 3.05) is 13.2 Å². The van der Waals surface area contributed by atoms with Crippen molar-refractivity contribution in [1.82, 2.24) is 5.32 Å². The molecule has 0 saturated carbocycles. The van der Waals surface area contributed by atoms with Gasteiger partial charge in [0, 0.05) is 6.42 Å². The van der Waals surface area contributed by atoms with Gasteiger partial charge in [-0.1, -0.05) is 135 Å². The zero-order valence-corrected chi connectivity index (χ0v) is 30.0. The molecule has 0 bridgehead atoms. The van der Waals surface area contributed by atoms with E-state index in [1.807, 2.05) is 0 Å². The molecule has 1 aliphatic rings. The van der Waals surface area contributed by atoms with Crippen LogP contribution >= 0.6 is 0 Å². The predicted octanol–water partition coefficient (Wildman–Crippen LogP) is 6.61. The van der Waals surface area contributed by atoms with E-state index in [9.17, 15) is 30.3 Å². The van der Waals surface area contributed by atoms with Crippen molar-refractivity contribution in [3.8, 4) is 0 Å². The van der Waals surface area contributed by atoms with Crippen LogP contribution in [0.1, 0.15) is 168 Å². The van der Waals surface area contributed by atoms with Gasteiger partial charge in [-0.3, -0.25) is 4.79 Å². The average molecular weight is 672 g/mol. The Bertz CT molecular complexity index is 751. The number of hydrogen-bond acceptors (Lipinski definition) is 8. The van der Waals surface area contributed by atoms with Crippen LogP contribution in [0.4, 0.5) is 0 Å². The maximum Gasteiger partial charge on any atom is 0.220 e. The van der Waals surface area contributed by atoms with Gasteiger partial charge in [0.25, 0.3) is 0 Å². The van der Waals surface area contributed by atoms with Crippen LogP contribution in [0.25, 0.3) is 0 Å². The third-order valence-electron chi connectivity index (χ3n) is 9.37. The number of allylic oxidation sites excluding steroid dienone is 2. The molecule has 0 spiro atoms. The fourth-order valence-corrected chi connectivity index (χ4v) is 6.15. The van der Waals surface area contributed by atoms with Crippen molar-refractivity contribution in [3.63, 3.8) is 0 Å². The van der Waals surface area contributed by atoms with Crippen LogP contribution in [0.2, 0.25) is 0 Å². The van der Waals surface area contributed by atoms with E-state index in [1.54, 1.807) is 0 Å². The highest BCUT2D eigenvalue weighted by Crippen LogP contribution is 2.23. The molecule has 47 heavy (non-hydrogen) atoms. The Morgan fingerprint density at radius 2 is 1.19 bits per heavy atom. The number of aliphatic hydroxyl groups is 5. The summed E-state index contributed by atoms with van der Waals surface area (Å²) < 4.78 is 11.2. The summed E-state index contributed by atoms with van der Waals surface area (Å²) in [4.78, 5) is 12.8. The van der Waals surface area contributed by atoms with Gasteiger partial charge in [-0.25, -0.2) is 0 Å². The number of unbranched alkanes of at least 4 members (excludes halogenated alkanes) is 19. The molecule has 9 nitrogen and oxygen atoms in total. The van der Waals surface area contributed by atoms with E-state index in [4.69, 9.17) is 9.47 Å². The summed E-state index contributed by atoms with van der Waals surface area (Å²) in [5.41, 5.74) is 0. The van der Waals surface area contributed by atoms with Crippen molar-refractivity contribution in [1.29, 1.82) is 0 Å². The Morgan fingerprint density at radius 3 is 1.72 bits per heavy atom. The summed E-state index contributed by atoms with van der Waals surface area (Å²) in [6, 6.07) is -0.715. The van der Waals surface area contributed by atoms with Gasteiger partial charge in [0.15, 0.2) is 6.29 Å². The third kappa shape index (κ3) is 21.6. The smallest absolute Gasteiger partial charge is 0.220 e. The fourth-order valence-electron chi connectivity index (χ4n) is 6.15. The zero-order chi connectivity index (χ0) is 34.5. The van der Waals surface area contributed by atoms with Gasteiger partial charge >= 0.3 is 0 Å². The van der Waals surface area contributed by atoms with Crippen LogP contribution in [0.3, 0.4) is 0 Å². The van der Waals surface area contributed by atoms with Crippen LogP contribution < -0.4 is 5.32 Å². The molecule has 0 aromatic heterocycles. The van der Waals surface area contributed by atoms with E-state index in [-0.39, 0.29) is 12.5 Å². The molecule has 7 atom stereocenters. The van der Waals surface area contributed by atoms with Crippen LogP contribution in [0.15, 0.2) is 12.2 Å². The molecule has 9 heteroatoms. The molecule has 0 aromatic carbocycles. The van der Waals surface area contributed by atoms with Gasteiger partial charge in [-0.2, -0.15) is 0 Å². The molecule has 1 aliphatic heterocycles. The Labute approximate surface area is 286 Å². The SMILES string of the molecule is CCCCCCCCC/C=C\CCCCCCCC(=O)NC(COC1OC(CO)C(O)C(O)C1O)C(O)CCCCCCCCCC. The number of aliphatic hydroxyl groups excluding tert-OH is 5. The summed E-state index contributed by atoms with van der Waals surface area (Å²) in [5.74, 6) is -0.157.